The van der Waals surface area contributed by atoms with Crippen LogP contribution in [0.15, 0.2) is 65.0 Å². The first kappa shape index (κ1) is 21.0. The molecule has 0 spiro atoms. The van der Waals surface area contributed by atoms with Crippen molar-refractivity contribution in [1.29, 1.82) is 0 Å². The number of hydrogen-bond acceptors (Lipinski definition) is 5. The Bertz CT molecular complexity index is 1130. The molecule has 0 radical (unpaired) electrons. The van der Waals surface area contributed by atoms with Crippen molar-refractivity contribution in [3.8, 4) is 16.8 Å². The Kier molecular flexibility index (Phi) is 6.24. The van der Waals surface area contributed by atoms with Crippen LogP contribution in [0.2, 0.25) is 0 Å². The zero-order valence-electron chi connectivity index (χ0n) is 16.9. The van der Waals surface area contributed by atoms with E-state index in [2.05, 4.69) is 32.5 Å². The number of nitrogens with one attached hydrogen (secondary N) is 2. The highest BCUT2D eigenvalue weighted by Crippen LogP contribution is 2.25. The molecule has 31 heavy (non-hydrogen) atoms. The van der Waals surface area contributed by atoms with E-state index < -0.39 is 11.8 Å². The highest BCUT2D eigenvalue weighted by atomic mass is 19.3. The number of rotatable bonds is 6. The van der Waals surface area contributed by atoms with Crippen LogP contribution < -0.4 is 21.6 Å². The van der Waals surface area contributed by atoms with E-state index in [1.165, 1.54) is 10.3 Å². The molecule has 9 heteroatoms. The van der Waals surface area contributed by atoms with Crippen molar-refractivity contribution in [2.45, 2.75) is 6.42 Å². The van der Waals surface area contributed by atoms with Crippen LogP contribution in [-0.2, 0) is 6.42 Å². The first-order valence-electron chi connectivity index (χ1n) is 10.1. The standard InChI is InChI=1S/C22H24F2N6O/c23-21(24)17(14-25)13-20-27-28-22(31)30(20)19-3-1-2-16(12-19)15-4-6-18(7-5-15)29-10-8-26-9-11-29/h1-7,12,26H,8-11,13-14,25H2,(H,28,31). The lowest BCUT2D eigenvalue weighted by Crippen LogP contribution is -2.43. The molecule has 2 heterocycles. The molecule has 0 bridgehead atoms. The van der Waals surface area contributed by atoms with Gasteiger partial charge in [-0.2, -0.15) is 13.9 Å². The van der Waals surface area contributed by atoms with Gasteiger partial charge in [-0.05, 0) is 35.4 Å². The molecular weight excluding hydrogens is 402 g/mol. The Morgan fingerprint density at radius 1 is 1.03 bits per heavy atom. The summed E-state index contributed by atoms with van der Waals surface area (Å²) in [6.07, 6.45) is -2.05. The van der Waals surface area contributed by atoms with E-state index in [9.17, 15) is 13.6 Å². The van der Waals surface area contributed by atoms with E-state index in [1.807, 2.05) is 30.3 Å². The second-order valence-corrected chi connectivity index (χ2v) is 7.36. The first-order valence-corrected chi connectivity index (χ1v) is 10.1. The van der Waals surface area contributed by atoms with Crippen molar-refractivity contribution in [2.75, 3.05) is 37.6 Å². The Morgan fingerprint density at radius 3 is 2.45 bits per heavy atom. The van der Waals surface area contributed by atoms with Gasteiger partial charge >= 0.3 is 5.69 Å². The van der Waals surface area contributed by atoms with Gasteiger partial charge in [0, 0.05) is 50.4 Å². The van der Waals surface area contributed by atoms with Gasteiger partial charge in [-0.3, -0.25) is 0 Å². The average molecular weight is 426 g/mol. The van der Waals surface area contributed by atoms with Crippen LogP contribution in [-0.4, -0.2) is 47.5 Å². The minimum absolute atomic E-state index is 0.185. The van der Waals surface area contributed by atoms with Gasteiger partial charge in [-0.1, -0.05) is 24.3 Å². The fraction of sp³-hybridized carbons (Fsp3) is 0.273. The molecule has 1 fully saturated rings. The van der Waals surface area contributed by atoms with E-state index >= 15 is 0 Å². The first-order chi connectivity index (χ1) is 15.1. The lowest BCUT2D eigenvalue weighted by Gasteiger charge is -2.29. The van der Waals surface area contributed by atoms with E-state index in [4.69, 9.17) is 5.73 Å². The number of nitrogens with zero attached hydrogens (tertiary/aromatic N) is 3. The van der Waals surface area contributed by atoms with Crippen LogP contribution in [0.25, 0.3) is 16.8 Å². The van der Waals surface area contributed by atoms with Gasteiger partial charge in [0.25, 0.3) is 6.08 Å². The topological polar surface area (TPSA) is 92.0 Å². The molecule has 3 aromatic rings. The maximum atomic E-state index is 13.0. The van der Waals surface area contributed by atoms with E-state index in [0.717, 1.165) is 37.3 Å². The molecule has 4 N–H and O–H groups in total. The fourth-order valence-corrected chi connectivity index (χ4v) is 3.73. The molecule has 0 amide bonds. The molecule has 0 atom stereocenters. The zero-order chi connectivity index (χ0) is 21.8. The molecule has 0 saturated carbocycles. The summed E-state index contributed by atoms with van der Waals surface area (Å²) in [5.74, 6) is 0.185. The predicted molar refractivity (Wildman–Crippen MR) is 117 cm³/mol. The predicted octanol–water partition coefficient (Wildman–Crippen LogP) is 2.29. The van der Waals surface area contributed by atoms with Crippen molar-refractivity contribution >= 4 is 5.69 Å². The summed E-state index contributed by atoms with van der Waals surface area (Å²) in [7, 11) is 0. The number of aromatic amines is 1. The number of hydrogen-bond donors (Lipinski definition) is 3. The number of halogens is 2. The SMILES string of the molecule is NCC(Cc1n[nH]c(=O)n1-c1cccc(-c2ccc(N3CCNCC3)cc2)c1)=C(F)F. The number of benzene rings is 2. The molecule has 1 aliphatic heterocycles. The van der Waals surface area contributed by atoms with Crippen LogP contribution in [0.1, 0.15) is 5.82 Å². The molecule has 162 valence electrons. The highest BCUT2D eigenvalue weighted by Gasteiger charge is 2.16. The van der Waals surface area contributed by atoms with Crippen LogP contribution >= 0.6 is 0 Å². The van der Waals surface area contributed by atoms with E-state index in [-0.39, 0.29) is 24.4 Å². The zero-order valence-corrected chi connectivity index (χ0v) is 16.9. The van der Waals surface area contributed by atoms with Gasteiger partial charge in [-0.25, -0.2) is 14.5 Å². The molecule has 1 aliphatic rings. The lowest BCUT2D eigenvalue weighted by atomic mass is 10.0. The van der Waals surface area contributed by atoms with Crippen LogP contribution in [0.3, 0.4) is 0 Å². The van der Waals surface area contributed by atoms with Gasteiger partial charge in [0.05, 0.1) is 5.69 Å². The number of piperazine rings is 1. The highest BCUT2D eigenvalue weighted by molar-refractivity contribution is 5.68. The Labute approximate surface area is 178 Å². The summed E-state index contributed by atoms with van der Waals surface area (Å²) in [5.41, 5.74) is 8.30. The number of nitrogens with two attached hydrogens (primary N) is 1. The number of anilines is 1. The average Bonchev–Trinajstić information content (AvgIpc) is 3.18. The summed E-state index contributed by atoms with van der Waals surface area (Å²) in [4.78, 5) is 14.7. The third-order valence-electron chi connectivity index (χ3n) is 5.41. The van der Waals surface area contributed by atoms with Gasteiger partial charge in [0.15, 0.2) is 0 Å². The number of H-pyrrole nitrogens is 1. The maximum Gasteiger partial charge on any atom is 0.347 e. The van der Waals surface area contributed by atoms with Gasteiger partial charge in [0.2, 0.25) is 0 Å². The van der Waals surface area contributed by atoms with Crippen molar-refractivity contribution in [2.24, 2.45) is 5.73 Å². The summed E-state index contributed by atoms with van der Waals surface area (Å²) >= 11 is 0. The summed E-state index contributed by atoms with van der Waals surface area (Å²) in [5, 5.41) is 9.61. The van der Waals surface area contributed by atoms with Gasteiger partial charge in [0.1, 0.15) is 5.82 Å². The molecule has 2 aromatic carbocycles. The fourth-order valence-electron chi connectivity index (χ4n) is 3.73. The third-order valence-corrected chi connectivity index (χ3v) is 5.41. The Balaban J connectivity index is 1.63. The van der Waals surface area contributed by atoms with E-state index in [0.29, 0.717) is 5.69 Å². The van der Waals surface area contributed by atoms with Crippen molar-refractivity contribution < 1.29 is 8.78 Å². The quantitative estimate of drug-likeness (QED) is 0.563. The second kappa shape index (κ2) is 9.23. The third kappa shape index (κ3) is 4.57. The molecule has 0 aliphatic carbocycles. The molecule has 7 nitrogen and oxygen atoms in total. The van der Waals surface area contributed by atoms with E-state index in [1.54, 1.807) is 6.07 Å². The van der Waals surface area contributed by atoms with Crippen molar-refractivity contribution in [3.05, 3.63) is 76.5 Å². The molecule has 1 saturated heterocycles. The minimum atomic E-state index is -1.84. The molecular formula is C22H24F2N6O. The normalized spacial score (nSPS) is 14.0. The van der Waals surface area contributed by atoms with Crippen LogP contribution in [0.5, 0.6) is 0 Å². The summed E-state index contributed by atoms with van der Waals surface area (Å²) in [6, 6.07) is 15.6. The smallest absolute Gasteiger partial charge is 0.347 e. The summed E-state index contributed by atoms with van der Waals surface area (Å²) < 4.78 is 27.4. The number of aromatic nitrogens is 3. The Hall–Kier alpha value is -3.30. The van der Waals surface area contributed by atoms with Crippen LogP contribution in [0.4, 0.5) is 14.5 Å². The lowest BCUT2D eigenvalue weighted by molar-refractivity contribution is 0.407. The largest absolute Gasteiger partial charge is 0.369 e. The maximum absolute atomic E-state index is 13.0. The molecule has 4 rings (SSSR count). The molecule has 0 unspecified atom stereocenters. The van der Waals surface area contributed by atoms with Crippen LogP contribution in [0, 0.1) is 0 Å². The Morgan fingerprint density at radius 2 is 1.77 bits per heavy atom. The van der Waals surface area contributed by atoms with Gasteiger partial charge < -0.3 is 16.0 Å². The molecule has 1 aromatic heterocycles. The minimum Gasteiger partial charge on any atom is -0.369 e. The van der Waals surface area contributed by atoms with Crippen molar-refractivity contribution in [1.82, 2.24) is 20.1 Å². The monoisotopic (exact) mass is 426 g/mol. The second-order valence-electron chi connectivity index (χ2n) is 7.36. The van der Waals surface area contributed by atoms with Gasteiger partial charge in [-0.15, -0.1) is 0 Å². The summed E-state index contributed by atoms with van der Waals surface area (Å²) in [6.45, 7) is 3.58. The van der Waals surface area contributed by atoms with Crippen molar-refractivity contribution in [3.63, 3.8) is 0 Å².